The molecule has 9 nitrogen and oxygen atoms in total. The Labute approximate surface area is 198 Å². The molecule has 1 saturated heterocycles. The third kappa shape index (κ3) is 5.98. The maximum absolute atomic E-state index is 12.4. The summed E-state index contributed by atoms with van der Waals surface area (Å²) in [5.41, 5.74) is 1.59. The average molecular weight is 473 g/mol. The Hall–Kier alpha value is -2.75. The van der Waals surface area contributed by atoms with Crippen LogP contribution in [0.25, 0.3) is 0 Å². The van der Waals surface area contributed by atoms with E-state index in [2.05, 4.69) is 37.2 Å². The summed E-state index contributed by atoms with van der Waals surface area (Å²) in [6, 6.07) is 5.97. The molecule has 2 amide bonds. The van der Waals surface area contributed by atoms with E-state index in [1.165, 1.54) is 24.6 Å². The molecule has 0 bridgehead atoms. The third-order valence-corrected chi connectivity index (χ3v) is 6.98. The first-order valence-electron chi connectivity index (χ1n) is 11.5. The van der Waals surface area contributed by atoms with Crippen LogP contribution < -0.4 is 20.3 Å². The maximum Gasteiger partial charge on any atom is 0.243 e. The summed E-state index contributed by atoms with van der Waals surface area (Å²) in [4.78, 5) is 27.0. The number of aryl methyl sites for hydroxylation is 1. The van der Waals surface area contributed by atoms with Gasteiger partial charge in [0.15, 0.2) is 5.16 Å². The zero-order valence-electron chi connectivity index (χ0n) is 19.5. The third-order valence-electron chi connectivity index (χ3n) is 6.03. The SMILES string of the molecule is COc1ccc(C)cc1NC(=O)CNC(=O)CSc1nnc(N2CCC(C)CC2)n1C1CC1. The van der Waals surface area contributed by atoms with E-state index in [9.17, 15) is 9.59 Å². The topological polar surface area (TPSA) is 101 Å². The van der Waals surface area contributed by atoms with Crippen LogP contribution in [-0.4, -0.2) is 59.1 Å². The largest absolute Gasteiger partial charge is 0.495 e. The number of piperidine rings is 1. The van der Waals surface area contributed by atoms with E-state index in [0.717, 1.165) is 48.5 Å². The number of amides is 2. The molecular weight excluding hydrogens is 440 g/mol. The zero-order valence-corrected chi connectivity index (χ0v) is 20.3. The highest BCUT2D eigenvalue weighted by Gasteiger charge is 2.32. The fraction of sp³-hybridized carbons (Fsp3) is 0.565. The molecule has 2 aromatic rings. The number of aromatic nitrogens is 3. The molecule has 0 unspecified atom stereocenters. The van der Waals surface area contributed by atoms with Crippen LogP contribution in [0.3, 0.4) is 0 Å². The van der Waals surface area contributed by atoms with Crippen molar-refractivity contribution in [2.24, 2.45) is 5.92 Å². The number of nitrogens with one attached hydrogen (secondary N) is 2. The van der Waals surface area contributed by atoms with Crippen molar-refractivity contribution in [1.29, 1.82) is 0 Å². The number of rotatable bonds is 9. The second-order valence-corrected chi connectivity index (χ2v) is 9.81. The van der Waals surface area contributed by atoms with E-state index < -0.39 is 0 Å². The Bertz CT molecular complexity index is 998. The minimum Gasteiger partial charge on any atom is -0.495 e. The second-order valence-electron chi connectivity index (χ2n) is 8.87. The van der Waals surface area contributed by atoms with Gasteiger partial charge in [0.25, 0.3) is 0 Å². The van der Waals surface area contributed by atoms with Crippen molar-refractivity contribution >= 4 is 35.2 Å². The Balaban J connectivity index is 1.29. The molecule has 1 aromatic heterocycles. The van der Waals surface area contributed by atoms with Crippen LogP contribution in [0.2, 0.25) is 0 Å². The lowest BCUT2D eigenvalue weighted by Crippen LogP contribution is -2.35. The number of ether oxygens (including phenoxy) is 1. The predicted octanol–water partition coefficient (Wildman–Crippen LogP) is 3.01. The van der Waals surface area contributed by atoms with Crippen LogP contribution in [0.1, 0.15) is 44.2 Å². The van der Waals surface area contributed by atoms with Crippen LogP contribution >= 0.6 is 11.8 Å². The number of hydrogen-bond acceptors (Lipinski definition) is 7. The molecule has 0 atom stereocenters. The van der Waals surface area contributed by atoms with Gasteiger partial charge in [-0.25, -0.2) is 0 Å². The summed E-state index contributed by atoms with van der Waals surface area (Å²) in [6.07, 6.45) is 4.58. The smallest absolute Gasteiger partial charge is 0.243 e. The number of hydrogen-bond donors (Lipinski definition) is 2. The van der Waals surface area contributed by atoms with Crippen molar-refractivity contribution in [3.63, 3.8) is 0 Å². The van der Waals surface area contributed by atoms with Crippen molar-refractivity contribution in [2.45, 2.75) is 50.7 Å². The van der Waals surface area contributed by atoms with Gasteiger partial charge in [0, 0.05) is 19.1 Å². The number of carbonyl (C=O) groups excluding carboxylic acids is 2. The van der Waals surface area contributed by atoms with Crippen molar-refractivity contribution in [1.82, 2.24) is 20.1 Å². The molecule has 0 spiro atoms. The average Bonchev–Trinajstić information content (AvgIpc) is 3.56. The van der Waals surface area contributed by atoms with Crippen molar-refractivity contribution in [2.75, 3.05) is 42.7 Å². The number of nitrogens with zero attached hydrogens (tertiary/aromatic N) is 4. The molecule has 2 aliphatic rings. The predicted molar refractivity (Wildman–Crippen MR) is 129 cm³/mol. The van der Waals surface area contributed by atoms with Crippen LogP contribution in [0.5, 0.6) is 5.75 Å². The lowest BCUT2D eigenvalue weighted by atomic mass is 10.00. The van der Waals surface area contributed by atoms with E-state index in [0.29, 0.717) is 17.5 Å². The van der Waals surface area contributed by atoms with Gasteiger partial charge in [0.2, 0.25) is 17.8 Å². The minimum atomic E-state index is -0.306. The van der Waals surface area contributed by atoms with E-state index >= 15 is 0 Å². The first-order chi connectivity index (χ1) is 15.9. The molecule has 2 fully saturated rings. The maximum atomic E-state index is 12.4. The molecule has 33 heavy (non-hydrogen) atoms. The highest BCUT2D eigenvalue weighted by atomic mass is 32.2. The molecule has 2 heterocycles. The van der Waals surface area contributed by atoms with Gasteiger partial charge < -0.3 is 20.3 Å². The van der Waals surface area contributed by atoms with E-state index in [1.807, 2.05) is 19.1 Å². The number of carbonyl (C=O) groups is 2. The Kier molecular flexibility index (Phi) is 7.42. The Morgan fingerprint density at radius 2 is 1.91 bits per heavy atom. The quantitative estimate of drug-likeness (QED) is 0.541. The Morgan fingerprint density at radius 3 is 2.61 bits per heavy atom. The van der Waals surface area contributed by atoms with Crippen molar-refractivity contribution < 1.29 is 14.3 Å². The number of benzene rings is 1. The highest BCUT2D eigenvalue weighted by molar-refractivity contribution is 7.99. The summed E-state index contributed by atoms with van der Waals surface area (Å²) in [7, 11) is 1.55. The molecule has 2 N–H and O–H groups in total. The highest BCUT2D eigenvalue weighted by Crippen LogP contribution is 2.41. The lowest BCUT2D eigenvalue weighted by Gasteiger charge is -2.31. The first kappa shape index (κ1) is 23.4. The monoisotopic (exact) mass is 472 g/mol. The van der Waals surface area contributed by atoms with Crippen molar-refractivity contribution in [3.05, 3.63) is 23.8 Å². The summed E-state index contributed by atoms with van der Waals surface area (Å²) in [5.74, 6) is 1.92. The summed E-state index contributed by atoms with van der Waals surface area (Å²) in [6.45, 7) is 6.12. The van der Waals surface area contributed by atoms with Gasteiger partial charge in [-0.3, -0.25) is 14.2 Å². The van der Waals surface area contributed by atoms with E-state index in [1.54, 1.807) is 13.2 Å². The molecule has 1 aliphatic carbocycles. The minimum absolute atomic E-state index is 0.108. The van der Waals surface area contributed by atoms with Gasteiger partial charge in [-0.05, 0) is 56.2 Å². The molecule has 178 valence electrons. The molecular formula is C23H32N6O3S. The van der Waals surface area contributed by atoms with Gasteiger partial charge in [-0.15, -0.1) is 10.2 Å². The first-order valence-corrected chi connectivity index (χ1v) is 12.5. The zero-order chi connectivity index (χ0) is 23.4. The van der Waals surface area contributed by atoms with E-state index in [4.69, 9.17) is 4.74 Å². The van der Waals surface area contributed by atoms with E-state index in [-0.39, 0.29) is 24.1 Å². The van der Waals surface area contributed by atoms with Gasteiger partial charge in [-0.1, -0.05) is 24.8 Å². The normalized spacial score (nSPS) is 16.5. The van der Waals surface area contributed by atoms with Gasteiger partial charge in [0.1, 0.15) is 5.75 Å². The molecule has 1 aromatic carbocycles. The standard InChI is InChI=1S/C23H32N6O3S/c1-15-8-10-28(11-9-15)22-26-27-23(29(22)17-5-6-17)33-14-21(31)24-13-20(30)25-18-12-16(2)4-7-19(18)32-3/h4,7,12,15,17H,5-6,8-11,13-14H2,1-3H3,(H,24,31)(H,25,30). The lowest BCUT2D eigenvalue weighted by molar-refractivity contribution is -0.122. The van der Waals surface area contributed by atoms with Gasteiger partial charge in [-0.2, -0.15) is 0 Å². The van der Waals surface area contributed by atoms with Crippen molar-refractivity contribution in [3.8, 4) is 5.75 Å². The number of thioether (sulfide) groups is 1. The van der Waals surface area contributed by atoms with Gasteiger partial charge in [0.05, 0.1) is 25.1 Å². The van der Waals surface area contributed by atoms with Crippen LogP contribution in [-0.2, 0) is 9.59 Å². The fourth-order valence-corrected chi connectivity index (χ4v) is 4.75. The van der Waals surface area contributed by atoms with Crippen LogP contribution in [0, 0.1) is 12.8 Å². The fourth-order valence-electron chi connectivity index (χ4n) is 3.92. The van der Waals surface area contributed by atoms with Gasteiger partial charge >= 0.3 is 0 Å². The molecule has 1 saturated carbocycles. The second kappa shape index (κ2) is 10.5. The van der Waals surface area contributed by atoms with Crippen LogP contribution in [0.4, 0.5) is 11.6 Å². The summed E-state index contributed by atoms with van der Waals surface area (Å²) >= 11 is 1.37. The molecule has 10 heteroatoms. The van der Waals surface area contributed by atoms with Crippen LogP contribution in [0.15, 0.2) is 23.4 Å². The summed E-state index contributed by atoms with van der Waals surface area (Å²) in [5, 5.41) is 15.1. The molecule has 4 rings (SSSR count). The summed E-state index contributed by atoms with van der Waals surface area (Å²) < 4.78 is 7.48. The molecule has 0 radical (unpaired) electrons. The number of methoxy groups -OCH3 is 1. The molecule has 1 aliphatic heterocycles. The number of anilines is 2. The Morgan fingerprint density at radius 1 is 1.15 bits per heavy atom.